The summed E-state index contributed by atoms with van der Waals surface area (Å²) in [5, 5.41) is 8.17. The largest absolute Gasteiger partial charge is 0.342 e. The summed E-state index contributed by atoms with van der Waals surface area (Å²) in [4.78, 5) is 23.6. The number of carbonyl (C=O) groups excluding carboxylic acids is 1. The first-order chi connectivity index (χ1) is 12.1. The number of hydrogen-bond acceptors (Lipinski definition) is 4. The van der Waals surface area contributed by atoms with Crippen molar-refractivity contribution in [2.45, 2.75) is 32.6 Å². The number of fused-ring (bicyclic) bond motifs is 1. The molecule has 0 saturated carbocycles. The normalized spacial score (nSPS) is 17.4. The highest BCUT2D eigenvalue weighted by molar-refractivity contribution is 5.80. The highest BCUT2D eigenvalue weighted by Crippen LogP contribution is 2.27. The molecular formula is C19H21N5O. The topological polar surface area (TPSA) is 74.8 Å². The quantitative estimate of drug-likeness (QED) is 0.798. The number of aromatic nitrogens is 4. The van der Waals surface area contributed by atoms with Gasteiger partial charge >= 0.3 is 0 Å². The van der Waals surface area contributed by atoms with Crippen LogP contribution < -0.4 is 0 Å². The van der Waals surface area contributed by atoms with E-state index in [1.165, 1.54) is 0 Å². The number of nitrogens with one attached hydrogen (secondary N) is 1. The molecule has 1 fully saturated rings. The highest BCUT2D eigenvalue weighted by Gasteiger charge is 2.29. The van der Waals surface area contributed by atoms with Gasteiger partial charge in [0.05, 0.1) is 12.1 Å². The first-order valence-electron chi connectivity index (χ1n) is 8.61. The summed E-state index contributed by atoms with van der Waals surface area (Å²) in [5.41, 5.74) is 4.70. The van der Waals surface area contributed by atoms with Gasteiger partial charge in [0.1, 0.15) is 0 Å². The minimum absolute atomic E-state index is 0.161. The van der Waals surface area contributed by atoms with Gasteiger partial charge in [-0.3, -0.25) is 9.89 Å². The van der Waals surface area contributed by atoms with Crippen molar-refractivity contribution in [2.24, 2.45) is 0 Å². The van der Waals surface area contributed by atoms with Gasteiger partial charge < -0.3 is 4.90 Å². The van der Waals surface area contributed by atoms with Crippen molar-refractivity contribution >= 4 is 16.9 Å². The lowest BCUT2D eigenvalue weighted by molar-refractivity contribution is -0.129. The molecule has 4 rings (SSSR count). The van der Waals surface area contributed by atoms with Crippen molar-refractivity contribution in [3.8, 4) is 0 Å². The lowest BCUT2D eigenvalue weighted by atomic mass is 10.0. The van der Waals surface area contributed by atoms with Crippen LogP contribution in [0.3, 0.4) is 0 Å². The van der Waals surface area contributed by atoms with E-state index in [1.807, 2.05) is 30.9 Å². The Hall–Kier alpha value is -2.76. The number of amides is 1. The van der Waals surface area contributed by atoms with E-state index in [4.69, 9.17) is 4.98 Å². The molecule has 6 heteroatoms. The Morgan fingerprint density at radius 2 is 2.20 bits per heavy atom. The predicted molar refractivity (Wildman–Crippen MR) is 95.2 cm³/mol. The summed E-state index contributed by atoms with van der Waals surface area (Å²) in [5.74, 6) is 0.441. The van der Waals surface area contributed by atoms with Gasteiger partial charge in [-0.1, -0.05) is 0 Å². The molecular weight excluding hydrogens is 314 g/mol. The van der Waals surface area contributed by atoms with Crippen LogP contribution in [0.4, 0.5) is 0 Å². The average Bonchev–Trinajstić information content (AvgIpc) is 3.24. The van der Waals surface area contributed by atoms with Gasteiger partial charge in [-0.2, -0.15) is 5.10 Å². The van der Waals surface area contributed by atoms with Crippen LogP contribution in [0.15, 0.2) is 30.5 Å². The number of H-pyrrole nitrogens is 1. The fourth-order valence-electron chi connectivity index (χ4n) is 3.52. The van der Waals surface area contributed by atoms with Crippen LogP contribution in [0.25, 0.3) is 11.0 Å². The molecule has 3 aromatic rings. The van der Waals surface area contributed by atoms with E-state index in [2.05, 4.69) is 27.3 Å². The molecule has 0 bridgehead atoms. The summed E-state index contributed by atoms with van der Waals surface area (Å²) in [6.07, 6.45) is 3.12. The maximum Gasteiger partial charge on any atom is 0.227 e. The molecule has 25 heavy (non-hydrogen) atoms. The molecule has 1 aliphatic rings. The zero-order valence-electron chi connectivity index (χ0n) is 14.5. The number of pyridine rings is 2. The third-order valence-corrected chi connectivity index (χ3v) is 5.05. The van der Waals surface area contributed by atoms with E-state index in [1.54, 1.807) is 6.20 Å². The number of aryl methyl sites for hydroxylation is 2. The standard InChI is InChI=1S/C19H21N5O/c1-12-16(13(2)23-22-12)10-18(25)24-9-7-15(11-24)17-6-5-14-4-3-8-20-19(14)21-17/h3-6,8,15H,7,9-11H2,1-2H3,(H,22,23). The van der Waals surface area contributed by atoms with Crippen molar-refractivity contribution < 1.29 is 4.79 Å². The summed E-state index contributed by atoms with van der Waals surface area (Å²) in [6, 6.07) is 8.05. The molecule has 6 nitrogen and oxygen atoms in total. The zero-order valence-corrected chi connectivity index (χ0v) is 14.5. The number of nitrogens with zero attached hydrogens (tertiary/aromatic N) is 4. The molecule has 0 aliphatic carbocycles. The van der Waals surface area contributed by atoms with Gasteiger partial charge in [0, 0.05) is 47.5 Å². The molecule has 1 amide bonds. The second-order valence-corrected chi connectivity index (χ2v) is 6.70. The van der Waals surface area contributed by atoms with Crippen molar-refractivity contribution in [3.63, 3.8) is 0 Å². The van der Waals surface area contributed by atoms with Crippen LogP contribution in [0.1, 0.15) is 35.0 Å². The molecule has 1 unspecified atom stereocenters. The lowest BCUT2D eigenvalue weighted by Crippen LogP contribution is -2.30. The highest BCUT2D eigenvalue weighted by atomic mass is 16.2. The van der Waals surface area contributed by atoms with E-state index in [9.17, 15) is 4.79 Å². The first-order valence-corrected chi connectivity index (χ1v) is 8.61. The van der Waals surface area contributed by atoms with Gasteiger partial charge in [0.25, 0.3) is 0 Å². The van der Waals surface area contributed by atoms with Crippen molar-refractivity contribution in [2.75, 3.05) is 13.1 Å². The molecule has 0 spiro atoms. The lowest BCUT2D eigenvalue weighted by Gasteiger charge is -2.16. The Morgan fingerprint density at radius 1 is 1.32 bits per heavy atom. The average molecular weight is 335 g/mol. The van der Waals surface area contributed by atoms with Crippen LogP contribution in [0, 0.1) is 13.8 Å². The summed E-state index contributed by atoms with van der Waals surface area (Å²) >= 11 is 0. The number of likely N-dealkylation sites (tertiary alicyclic amines) is 1. The van der Waals surface area contributed by atoms with Crippen LogP contribution >= 0.6 is 0 Å². The number of rotatable bonds is 3. The second-order valence-electron chi connectivity index (χ2n) is 6.70. The number of hydrogen-bond donors (Lipinski definition) is 1. The SMILES string of the molecule is Cc1n[nH]c(C)c1CC(=O)N1CCC(c2ccc3cccnc3n2)C1. The maximum atomic E-state index is 12.7. The molecule has 0 aromatic carbocycles. The fraction of sp³-hybridized carbons (Fsp3) is 0.368. The zero-order chi connectivity index (χ0) is 17.4. The Bertz CT molecular complexity index is 913. The van der Waals surface area contributed by atoms with Gasteiger partial charge in [-0.25, -0.2) is 9.97 Å². The van der Waals surface area contributed by atoms with Gasteiger partial charge in [0.15, 0.2) is 5.65 Å². The molecule has 0 radical (unpaired) electrons. The van der Waals surface area contributed by atoms with E-state index >= 15 is 0 Å². The van der Waals surface area contributed by atoms with E-state index in [-0.39, 0.29) is 11.8 Å². The molecule has 4 heterocycles. The minimum Gasteiger partial charge on any atom is -0.342 e. The van der Waals surface area contributed by atoms with Crippen molar-refractivity contribution in [3.05, 3.63) is 53.1 Å². The third kappa shape index (κ3) is 2.99. The summed E-state index contributed by atoms with van der Waals surface area (Å²) < 4.78 is 0. The summed E-state index contributed by atoms with van der Waals surface area (Å²) in [7, 11) is 0. The molecule has 128 valence electrons. The van der Waals surface area contributed by atoms with Crippen molar-refractivity contribution in [1.82, 2.24) is 25.1 Å². The smallest absolute Gasteiger partial charge is 0.227 e. The van der Waals surface area contributed by atoms with Crippen LogP contribution in [0.2, 0.25) is 0 Å². The van der Waals surface area contributed by atoms with E-state index in [0.29, 0.717) is 6.42 Å². The predicted octanol–water partition coefficient (Wildman–Crippen LogP) is 2.53. The number of carbonyl (C=O) groups is 1. The molecule has 1 saturated heterocycles. The molecule has 1 N–H and O–H groups in total. The third-order valence-electron chi connectivity index (χ3n) is 5.05. The molecule has 3 aromatic heterocycles. The second kappa shape index (κ2) is 6.27. The van der Waals surface area contributed by atoms with Gasteiger partial charge in [0.2, 0.25) is 5.91 Å². The van der Waals surface area contributed by atoms with Crippen LogP contribution in [-0.2, 0) is 11.2 Å². The van der Waals surface area contributed by atoms with Crippen LogP contribution in [0.5, 0.6) is 0 Å². The fourth-order valence-corrected chi connectivity index (χ4v) is 3.52. The Kier molecular flexibility index (Phi) is 3.95. The Morgan fingerprint density at radius 3 is 3.00 bits per heavy atom. The van der Waals surface area contributed by atoms with Crippen molar-refractivity contribution in [1.29, 1.82) is 0 Å². The first kappa shape index (κ1) is 15.7. The van der Waals surface area contributed by atoms with E-state index in [0.717, 1.165) is 53.2 Å². The van der Waals surface area contributed by atoms with Gasteiger partial charge in [-0.15, -0.1) is 0 Å². The maximum absolute atomic E-state index is 12.7. The Labute approximate surface area is 146 Å². The summed E-state index contributed by atoms with van der Waals surface area (Å²) in [6.45, 7) is 5.40. The minimum atomic E-state index is 0.161. The van der Waals surface area contributed by atoms with Crippen LogP contribution in [-0.4, -0.2) is 44.1 Å². The van der Waals surface area contributed by atoms with E-state index < -0.39 is 0 Å². The molecule has 1 aliphatic heterocycles. The number of aromatic amines is 1. The molecule has 1 atom stereocenters. The Balaban J connectivity index is 1.47. The monoisotopic (exact) mass is 335 g/mol. The van der Waals surface area contributed by atoms with Gasteiger partial charge in [-0.05, 0) is 44.5 Å².